The molecule has 0 unspecified atom stereocenters. The standard InChI is InChI=1S/C14H13NO4S2/c1-2-19-10-6-4-3-5-9(10)7-11-13(18)15(8-12(16)17)14(20)21-11/h3-7H,2,8H2,1H3,(H,16,17)/b11-7-. The van der Waals surface area contributed by atoms with Gasteiger partial charge in [-0.3, -0.25) is 14.5 Å². The van der Waals surface area contributed by atoms with Crippen LogP contribution >= 0.6 is 24.0 Å². The molecular formula is C14H13NO4S2. The molecule has 1 aromatic rings. The summed E-state index contributed by atoms with van der Waals surface area (Å²) in [6.45, 7) is 1.98. The fourth-order valence-corrected chi connectivity index (χ4v) is 3.05. The molecule has 110 valence electrons. The largest absolute Gasteiger partial charge is 0.493 e. The first-order valence-electron chi connectivity index (χ1n) is 6.22. The van der Waals surface area contributed by atoms with Crippen molar-refractivity contribution in [2.45, 2.75) is 6.92 Å². The first-order valence-corrected chi connectivity index (χ1v) is 7.44. The van der Waals surface area contributed by atoms with E-state index in [-0.39, 0.29) is 4.32 Å². The Kier molecular flexibility index (Phi) is 4.98. The van der Waals surface area contributed by atoms with Crippen LogP contribution in [-0.4, -0.2) is 39.4 Å². The lowest BCUT2D eigenvalue weighted by Gasteiger charge is -2.10. The van der Waals surface area contributed by atoms with E-state index in [1.807, 2.05) is 31.2 Å². The maximum atomic E-state index is 12.2. The van der Waals surface area contributed by atoms with E-state index in [1.165, 1.54) is 0 Å². The molecule has 0 aromatic heterocycles. The third-order valence-corrected chi connectivity index (χ3v) is 4.05. The van der Waals surface area contributed by atoms with Crippen molar-refractivity contribution in [2.24, 2.45) is 0 Å². The van der Waals surface area contributed by atoms with Crippen molar-refractivity contribution in [1.82, 2.24) is 4.90 Å². The van der Waals surface area contributed by atoms with Crippen molar-refractivity contribution in [3.63, 3.8) is 0 Å². The van der Waals surface area contributed by atoms with Crippen LogP contribution in [0.15, 0.2) is 29.2 Å². The number of aliphatic carboxylic acids is 1. The minimum absolute atomic E-state index is 0.252. The molecule has 0 saturated carbocycles. The molecule has 1 N–H and O–H groups in total. The van der Waals surface area contributed by atoms with Crippen molar-refractivity contribution in [3.8, 4) is 5.75 Å². The lowest BCUT2D eigenvalue weighted by Crippen LogP contribution is -2.33. The average Bonchev–Trinajstić information content (AvgIpc) is 2.69. The van der Waals surface area contributed by atoms with Gasteiger partial charge in [0.05, 0.1) is 11.5 Å². The van der Waals surface area contributed by atoms with Crippen LogP contribution in [0.25, 0.3) is 6.08 Å². The number of benzene rings is 1. The Labute approximate surface area is 131 Å². The highest BCUT2D eigenvalue weighted by molar-refractivity contribution is 8.26. The number of hydrogen-bond acceptors (Lipinski definition) is 5. The number of carbonyl (C=O) groups is 2. The highest BCUT2D eigenvalue weighted by Gasteiger charge is 2.33. The SMILES string of the molecule is CCOc1ccccc1/C=C1\SC(=S)N(CC(=O)O)C1=O. The van der Waals surface area contributed by atoms with Crippen LogP contribution in [0.5, 0.6) is 5.75 Å². The Morgan fingerprint density at radius 1 is 1.48 bits per heavy atom. The van der Waals surface area contributed by atoms with Crippen LogP contribution in [-0.2, 0) is 9.59 Å². The third-order valence-electron chi connectivity index (χ3n) is 2.67. The van der Waals surface area contributed by atoms with Crippen molar-refractivity contribution >= 4 is 46.3 Å². The average molecular weight is 323 g/mol. The summed E-state index contributed by atoms with van der Waals surface area (Å²) in [7, 11) is 0. The molecule has 1 saturated heterocycles. The highest BCUT2D eigenvalue weighted by Crippen LogP contribution is 2.34. The summed E-state index contributed by atoms with van der Waals surface area (Å²) in [5, 5.41) is 8.80. The van der Waals surface area contributed by atoms with E-state index in [9.17, 15) is 9.59 Å². The second-order valence-electron chi connectivity index (χ2n) is 4.13. The quantitative estimate of drug-likeness (QED) is 0.663. The van der Waals surface area contributed by atoms with Gasteiger partial charge in [0, 0.05) is 5.56 Å². The van der Waals surface area contributed by atoms with Crippen molar-refractivity contribution < 1.29 is 19.4 Å². The number of hydrogen-bond donors (Lipinski definition) is 1. The fourth-order valence-electron chi connectivity index (χ4n) is 1.80. The first-order chi connectivity index (χ1) is 10.0. The third kappa shape index (κ3) is 3.62. The Bertz CT molecular complexity index is 627. The van der Waals surface area contributed by atoms with Gasteiger partial charge < -0.3 is 9.84 Å². The van der Waals surface area contributed by atoms with Crippen molar-refractivity contribution in [1.29, 1.82) is 0 Å². The molecule has 1 aromatic carbocycles. The van der Waals surface area contributed by atoms with Crippen LogP contribution in [0.2, 0.25) is 0 Å². The molecule has 0 radical (unpaired) electrons. The molecule has 7 heteroatoms. The summed E-state index contributed by atoms with van der Waals surface area (Å²) >= 11 is 6.14. The van der Waals surface area contributed by atoms with E-state index in [4.69, 9.17) is 22.1 Å². The Balaban J connectivity index is 2.28. The van der Waals surface area contributed by atoms with Gasteiger partial charge in [0.2, 0.25) is 0 Å². The van der Waals surface area contributed by atoms with Gasteiger partial charge >= 0.3 is 5.97 Å². The number of thioether (sulfide) groups is 1. The molecule has 2 rings (SSSR count). The number of carboxylic acid groups (broad SMARTS) is 1. The number of amides is 1. The second-order valence-corrected chi connectivity index (χ2v) is 5.81. The Morgan fingerprint density at radius 3 is 2.86 bits per heavy atom. The topological polar surface area (TPSA) is 66.8 Å². The van der Waals surface area contributed by atoms with Gasteiger partial charge in [-0.25, -0.2) is 0 Å². The molecular weight excluding hydrogens is 310 g/mol. The number of thiocarbonyl (C=S) groups is 1. The van der Waals surface area contributed by atoms with Crippen LogP contribution < -0.4 is 4.74 Å². The van der Waals surface area contributed by atoms with Crippen LogP contribution in [0.1, 0.15) is 12.5 Å². The molecule has 1 fully saturated rings. The molecule has 21 heavy (non-hydrogen) atoms. The Hall–Kier alpha value is -1.86. The number of carboxylic acids is 1. The predicted octanol–water partition coefficient (Wildman–Crippen LogP) is 2.37. The molecule has 5 nitrogen and oxygen atoms in total. The summed E-state index contributed by atoms with van der Waals surface area (Å²) < 4.78 is 5.75. The van der Waals surface area contributed by atoms with Crippen LogP contribution in [0.4, 0.5) is 0 Å². The zero-order valence-corrected chi connectivity index (χ0v) is 12.9. The molecule has 0 bridgehead atoms. The molecule has 1 amide bonds. The fraction of sp³-hybridized carbons (Fsp3) is 0.214. The van der Waals surface area contributed by atoms with Gasteiger partial charge in [-0.15, -0.1) is 0 Å². The lowest BCUT2D eigenvalue weighted by molar-refractivity contribution is -0.140. The van der Waals surface area contributed by atoms with Gasteiger partial charge in [-0.05, 0) is 19.1 Å². The summed E-state index contributed by atoms with van der Waals surface area (Å²) in [5.74, 6) is -0.815. The van der Waals surface area contributed by atoms with Gasteiger partial charge in [-0.1, -0.05) is 42.2 Å². The van der Waals surface area contributed by atoms with E-state index >= 15 is 0 Å². The minimum Gasteiger partial charge on any atom is -0.493 e. The van der Waals surface area contributed by atoms with E-state index in [0.717, 1.165) is 22.2 Å². The van der Waals surface area contributed by atoms with Gasteiger partial charge in [-0.2, -0.15) is 0 Å². The molecule has 0 atom stereocenters. The summed E-state index contributed by atoms with van der Waals surface area (Å²) in [6.07, 6.45) is 1.67. The van der Waals surface area contributed by atoms with Gasteiger partial charge in [0.1, 0.15) is 16.6 Å². The Morgan fingerprint density at radius 2 is 2.19 bits per heavy atom. The number of nitrogens with zero attached hydrogens (tertiary/aromatic N) is 1. The molecule has 1 aliphatic heterocycles. The summed E-state index contributed by atoms with van der Waals surface area (Å²) in [5.41, 5.74) is 0.759. The normalized spacial score (nSPS) is 16.6. The monoisotopic (exact) mass is 323 g/mol. The minimum atomic E-state index is -1.10. The van der Waals surface area contributed by atoms with E-state index in [0.29, 0.717) is 17.3 Å². The van der Waals surface area contributed by atoms with Gasteiger partial charge in [0.15, 0.2) is 0 Å². The highest BCUT2D eigenvalue weighted by atomic mass is 32.2. The van der Waals surface area contributed by atoms with Crippen LogP contribution in [0.3, 0.4) is 0 Å². The van der Waals surface area contributed by atoms with Crippen molar-refractivity contribution in [3.05, 3.63) is 34.7 Å². The number of ether oxygens (including phenoxy) is 1. The van der Waals surface area contributed by atoms with Gasteiger partial charge in [0.25, 0.3) is 5.91 Å². The molecule has 0 aliphatic carbocycles. The van der Waals surface area contributed by atoms with E-state index < -0.39 is 18.4 Å². The maximum Gasteiger partial charge on any atom is 0.323 e. The maximum absolute atomic E-state index is 12.2. The molecule has 1 heterocycles. The molecule has 0 spiro atoms. The smallest absolute Gasteiger partial charge is 0.323 e. The zero-order chi connectivity index (χ0) is 15.4. The van der Waals surface area contributed by atoms with Crippen molar-refractivity contribution in [2.75, 3.05) is 13.2 Å². The van der Waals surface area contributed by atoms with E-state index in [1.54, 1.807) is 6.08 Å². The first kappa shape index (κ1) is 15.5. The summed E-state index contributed by atoms with van der Waals surface area (Å²) in [6, 6.07) is 7.33. The lowest BCUT2D eigenvalue weighted by atomic mass is 10.2. The second kappa shape index (κ2) is 6.73. The number of para-hydroxylation sites is 1. The van der Waals surface area contributed by atoms with E-state index in [2.05, 4.69) is 0 Å². The number of rotatable bonds is 5. The number of carbonyl (C=O) groups excluding carboxylic acids is 1. The predicted molar refractivity (Wildman–Crippen MR) is 85.1 cm³/mol. The zero-order valence-electron chi connectivity index (χ0n) is 11.2. The van der Waals surface area contributed by atoms with Crippen LogP contribution in [0, 0.1) is 0 Å². The molecule has 1 aliphatic rings. The summed E-state index contributed by atoms with van der Waals surface area (Å²) in [4.78, 5) is 24.4.